The van der Waals surface area contributed by atoms with Crippen molar-refractivity contribution in [2.24, 2.45) is 0 Å². The third kappa shape index (κ3) is 2.86. The Balaban J connectivity index is 2.05. The second-order valence-corrected chi connectivity index (χ2v) is 4.71. The minimum absolute atomic E-state index is 0.0336. The Bertz CT molecular complexity index is 380. The third-order valence-corrected chi connectivity index (χ3v) is 3.38. The molecule has 1 aliphatic heterocycles. The second-order valence-electron chi connectivity index (χ2n) is 4.71. The smallest absolute Gasteiger partial charge is 0.229 e. The number of aryl methyl sites for hydroxylation is 1. The van der Waals surface area contributed by atoms with Gasteiger partial charge in [0.15, 0.2) is 0 Å². The van der Waals surface area contributed by atoms with Crippen molar-refractivity contribution < 1.29 is 4.79 Å². The Morgan fingerprint density at radius 2 is 1.82 bits per heavy atom. The monoisotopic (exact) mass is 232 g/mol. The molecule has 3 heteroatoms. The van der Waals surface area contributed by atoms with Gasteiger partial charge >= 0.3 is 0 Å². The Morgan fingerprint density at radius 3 is 2.41 bits per heavy atom. The lowest BCUT2D eigenvalue weighted by Crippen LogP contribution is -2.47. The first-order valence-corrected chi connectivity index (χ1v) is 6.24. The molecular weight excluding hydrogens is 212 g/mol. The van der Waals surface area contributed by atoms with E-state index in [1.54, 1.807) is 0 Å². The van der Waals surface area contributed by atoms with E-state index in [-0.39, 0.29) is 11.8 Å². The Morgan fingerprint density at radius 1 is 1.24 bits per heavy atom. The molecule has 1 fully saturated rings. The molecule has 92 valence electrons. The summed E-state index contributed by atoms with van der Waals surface area (Å²) in [5.41, 5.74) is 2.34. The van der Waals surface area contributed by atoms with Gasteiger partial charge in [-0.15, -0.1) is 0 Å². The highest BCUT2D eigenvalue weighted by molar-refractivity contribution is 5.83. The van der Waals surface area contributed by atoms with Crippen LogP contribution >= 0.6 is 0 Å². The van der Waals surface area contributed by atoms with Crippen molar-refractivity contribution in [3.8, 4) is 0 Å². The van der Waals surface area contributed by atoms with Crippen molar-refractivity contribution in [2.45, 2.75) is 19.8 Å². The van der Waals surface area contributed by atoms with Gasteiger partial charge in [0.05, 0.1) is 5.92 Å². The molecule has 0 saturated carbocycles. The minimum Gasteiger partial charge on any atom is -0.340 e. The summed E-state index contributed by atoms with van der Waals surface area (Å²) in [7, 11) is 0. The van der Waals surface area contributed by atoms with Crippen LogP contribution in [0.2, 0.25) is 0 Å². The highest BCUT2D eigenvalue weighted by Crippen LogP contribution is 2.18. The van der Waals surface area contributed by atoms with Crippen LogP contribution in [0.3, 0.4) is 0 Å². The van der Waals surface area contributed by atoms with Crippen LogP contribution in [-0.2, 0) is 4.79 Å². The highest BCUT2D eigenvalue weighted by atomic mass is 16.2. The number of carbonyl (C=O) groups is 1. The maximum absolute atomic E-state index is 12.3. The minimum atomic E-state index is -0.0336. The van der Waals surface area contributed by atoms with Crippen LogP contribution in [-0.4, -0.2) is 37.0 Å². The molecule has 1 heterocycles. The lowest BCUT2D eigenvalue weighted by atomic mass is 9.98. The largest absolute Gasteiger partial charge is 0.340 e. The van der Waals surface area contributed by atoms with Crippen LogP contribution < -0.4 is 5.32 Å². The summed E-state index contributed by atoms with van der Waals surface area (Å²) in [6.07, 6.45) is 0. The molecule has 1 aromatic rings. The number of hydrogen-bond acceptors (Lipinski definition) is 2. The van der Waals surface area contributed by atoms with Gasteiger partial charge in [-0.2, -0.15) is 0 Å². The second kappa shape index (κ2) is 5.32. The maximum atomic E-state index is 12.3. The van der Waals surface area contributed by atoms with Gasteiger partial charge in [-0.25, -0.2) is 0 Å². The SMILES string of the molecule is Cc1ccc(C(C)C(=O)N2CCNCC2)cc1. The molecule has 3 nitrogen and oxygen atoms in total. The molecule has 0 aromatic heterocycles. The van der Waals surface area contributed by atoms with E-state index in [1.165, 1.54) is 5.56 Å². The van der Waals surface area contributed by atoms with Crippen molar-refractivity contribution in [1.29, 1.82) is 0 Å². The van der Waals surface area contributed by atoms with Gasteiger partial charge in [0.25, 0.3) is 0 Å². The standard InChI is InChI=1S/C14H20N2O/c1-11-3-5-13(6-4-11)12(2)14(17)16-9-7-15-8-10-16/h3-6,12,15H,7-10H2,1-2H3. The molecule has 1 saturated heterocycles. The van der Waals surface area contributed by atoms with Gasteiger partial charge in [-0.1, -0.05) is 29.8 Å². The molecule has 17 heavy (non-hydrogen) atoms. The molecule has 0 spiro atoms. The van der Waals surface area contributed by atoms with Gasteiger partial charge in [-0.3, -0.25) is 4.79 Å². The Labute approximate surface area is 103 Å². The molecule has 0 radical (unpaired) electrons. The van der Waals surface area contributed by atoms with Crippen molar-refractivity contribution in [3.63, 3.8) is 0 Å². The first-order valence-electron chi connectivity index (χ1n) is 6.24. The van der Waals surface area contributed by atoms with E-state index in [4.69, 9.17) is 0 Å². The lowest BCUT2D eigenvalue weighted by Gasteiger charge is -2.30. The third-order valence-electron chi connectivity index (χ3n) is 3.38. The van der Waals surface area contributed by atoms with E-state index in [1.807, 2.05) is 11.8 Å². The zero-order valence-electron chi connectivity index (χ0n) is 10.6. The zero-order valence-corrected chi connectivity index (χ0v) is 10.6. The number of nitrogens with one attached hydrogen (secondary N) is 1. The summed E-state index contributed by atoms with van der Waals surface area (Å²) in [6.45, 7) is 7.53. The number of piperazine rings is 1. The molecule has 1 aliphatic rings. The fourth-order valence-electron chi connectivity index (χ4n) is 2.16. The average Bonchev–Trinajstić information content (AvgIpc) is 2.39. The fraction of sp³-hybridized carbons (Fsp3) is 0.500. The van der Waals surface area contributed by atoms with E-state index in [9.17, 15) is 4.79 Å². The van der Waals surface area contributed by atoms with E-state index in [0.717, 1.165) is 31.7 Å². The fourth-order valence-corrected chi connectivity index (χ4v) is 2.16. The van der Waals surface area contributed by atoms with E-state index >= 15 is 0 Å². The zero-order chi connectivity index (χ0) is 12.3. The Kier molecular flexibility index (Phi) is 3.79. The first-order chi connectivity index (χ1) is 8.18. The molecule has 0 aliphatic carbocycles. The van der Waals surface area contributed by atoms with Crippen LogP contribution in [0.15, 0.2) is 24.3 Å². The summed E-state index contributed by atoms with van der Waals surface area (Å²) in [4.78, 5) is 14.2. The van der Waals surface area contributed by atoms with E-state index in [2.05, 4.69) is 36.5 Å². The van der Waals surface area contributed by atoms with Gasteiger partial charge in [-0.05, 0) is 19.4 Å². The average molecular weight is 232 g/mol. The molecule has 1 amide bonds. The molecule has 1 unspecified atom stereocenters. The van der Waals surface area contributed by atoms with Gasteiger partial charge < -0.3 is 10.2 Å². The number of carbonyl (C=O) groups excluding carboxylic acids is 1. The number of nitrogens with zero attached hydrogens (tertiary/aromatic N) is 1. The summed E-state index contributed by atoms with van der Waals surface area (Å²) in [5.74, 6) is 0.212. The van der Waals surface area contributed by atoms with E-state index < -0.39 is 0 Å². The molecule has 1 aromatic carbocycles. The summed E-state index contributed by atoms with van der Waals surface area (Å²) >= 11 is 0. The number of hydrogen-bond donors (Lipinski definition) is 1. The molecular formula is C14H20N2O. The van der Waals surface area contributed by atoms with Crippen LogP contribution in [0, 0.1) is 6.92 Å². The summed E-state index contributed by atoms with van der Waals surface area (Å²) in [5, 5.41) is 3.26. The maximum Gasteiger partial charge on any atom is 0.229 e. The number of amides is 1. The normalized spacial score (nSPS) is 17.9. The molecule has 0 bridgehead atoms. The first kappa shape index (κ1) is 12.1. The number of rotatable bonds is 2. The van der Waals surface area contributed by atoms with E-state index in [0.29, 0.717) is 0 Å². The van der Waals surface area contributed by atoms with Crippen molar-refractivity contribution in [1.82, 2.24) is 10.2 Å². The topological polar surface area (TPSA) is 32.3 Å². The predicted molar refractivity (Wildman–Crippen MR) is 69.0 cm³/mol. The van der Waals surface area contributed by atoms with Crippen molar-refractivity contribution in [2.75, 3.05) is 26.2 Å². The van der Waals surface area contributed by atoms with Crippen LogP contribution in [0.1, 0.15) is 24.0 Å². The van der Waals surface area contributed by atoms with Crippen LogP contribution in [0.4, 0.5) is 0 Å². The van der Waals surface area contributed by atoms with Gasteiger partial charge in [0.2, 0.25) is 5.91 Å². The lowest BCUT2D eigenvalue weighted by molar-refractivity contribution is -0.133. The molecule has 2 rings (SSSR count). The molecule has 1 atom stereocenters. The van der Waals surface area contributed by atoms with Gasteiger partial charge in [0.1, 0.15) is 0 Å². The van der Waals surface area contributed by atoms with Gasteiger partial charge in [0, 0.05) is 26.2 Å². The van der Waals surface area contributed by atoms with Crippen molar-refractivity contribution in [3.05, 3.63) is 35.4 Å². The highest BCUT2D eigenvalue weighted by Gasteiger charge is 2.22. The van der Waals surface area contributed by atoms with Crippen LogP contribution in [0.25, 0.3) is 0 Å². The van der Waals surface area contributed by atoms with Crippen LogP contribution in [0.5, 0.6) is 0 Å². The summed E-state index contributed by atoms with van der Waals surface area (Å²) in [6, 6.07) is 8.24. The summed E-state index contributed by atoms with van der Waals surface area (Å²) < 4.78 is 0. The quantitative estimate of drug-likeness (QED) is 0.838. The Hall–Kier alpha value is -1.35. The number of benzene rings is 1. The molecule has 1 N–H and O–H groups in total. The predicted octanol–water partition coefficient (Wildman–Crippen LogP) is 1.53. The van der Waals surface area contributed by atoms with Crippen molar-refractivity contribution >= 4 is 5.91 Å².